The third-order valence-electron chi connectivity index (χ3n) is 4.96. The summed E-state index contributed by atoms with van der Waals surface area (Å²) in [5, 5.41) is 9.53. The highest BCUT2D eigenvalue weighted by molar-refractivity contribution is 6.34. The molecular formula is C18H14ClF2N5O. The van der Waals surface area contributed by atoms with Gasteiger partial charge in [-0.05, 0) is 24.3 Å². The molecule has 1 unspecified atom stereocenters. The number of aryl methyl sites for hydroxylation is 1. The van der Waals surface area contributed by atoms with Gasteiger partial charge in [0.1, 0.15) is 10.5 Å². The van der Waals surface area contributed by atoms with Crippen LogP contribution in [-0.4, -0.2) is 30.1 Å². The molecule has 1 fully saturated rings. The zero-order valence-electron chi connectivity index (χ0n) is 14.2. The highest BCUT2D eigenvalue weighted by Crippen LogP contribution is 2.49. The van der Waals surface area contributed by atoms with Gasteiger partial charge in [0.25, 0.3) is 11.5 Å². The second-order valence-electron chi connectivity index (χ2n) is 6.94. The van der Waals surface area contributed by atoms with E-state index in [0.29, 0.717) is 16.7 Å². The average molecular weight is 390 g/mol. The molecule has 5 rings (SSSR count). The van der Waals surface area contributed by atoms with Gasteiger partial charge in [0.2, 0.25) is 0 Å². The Labute approximate surface area is 156 Å². The van der Waals surface area contributed by atoms with E-state index in [-0.39, 0.29) is 18.0 Å². The Hall–Kier alpha value is -2.74. The smallest absolute Gasteiger partial charge is 0.292 e. The van der Waals surface area contributed by atoms with Gasteiger partial charge in [0.15, 0.2) is 0 Å². The Morgan fingerprint density at radius 3 is 2.78 bits per heavy atom. The molecule has 27 heavy (non-hydrogen) atoms. The summed E-state index contributed by atoms with van der Waals surface area (Å²) in [5.41, 5.74) is 1.75. The van der Waals surface area contributed by atoms with Crippen molar-refractivity contribution in [1.82, 2.24) is 24.1 Å². The zero-order chi connectivity index (χ0) is 18.9. The third kappa shape index (κ3) is 2.55. The molecule has 9 heteroatoms. The van der Waals surface area contributed by atoms with Crippen LogP contribution in [0.3, 0.4) is 0 Å². The lowest BCUT2D eigenvalue weighted by Gasteiger charge is -2.09. The summed E-state index contributed by atoms with van der Waals surface area (Å²) < 4.78 is 31.0. The van der Waals surface area contributed by atoms with Crippen LogP contribution in [-0.2, 0) is 13.6 Å². The number of hydrogen-bond acceptors (Lipinski definition) is 3. The standard InChI is InChI=1S/C18H14ClF2N5O/c1-24-8-10-6-12(2-3-13(10)22-24)26-17(27)15(19)16-14(23-26)4-5-25(16)9-11-7-18(11,20)21/h2-6,8,11H,7,9H2,1H3. The average Bonchev–Trinajstić information content (AvgIpc) is 2.96. The van der Waals surface area contributed by atoms with Crippen molar-refractivity contribution in [3.05, 3.63) is 52.0 Å². The molecule has 1 saturated carbocycles. The zero-order valence-corrected chi connectivity index (χ0v) is 15.0. The van der Waals surface area contributed by atoms with Crippen LogP contribution in [0.4, 0.5) is 8.78 Å². The van der Waals surface area contributed by atoms with Crippen molar-refractivity contribution in [2.45, 2.75) is 18.9 Å². The first-order chi connectivity index (χ1) is 12.8. The molecule has 0 radical (unpaired) electrons. The lowest BCUT2D eigenvalue weighted by Crippen LogP contribution is -2.22. The second-order valence-corrected chi connectivity index (χ2v) is 7.32. The van der Waals surface area contributed by atoms with Gasteiger partial charge < -0.3 is 4.57 Å². The van der Waals surface area contributed by atoms with Gasteiger partial charge in [-0.25, -0.2) is 8.78 Å². The van der Waals surface area contributed by atoms with E-state index in [0.717, 1.165) is 10.9 Å². The first kappa shape index (κ1) is 16.4. The lowest BCUT2D eigenvalue weighted by molar-refractivity contribution is 0.0954. The topological polar surface area (TPSA) is 57.6 Å². The van der Waals surface area contributed by atoms with Crippen LogP contribution < -0.4 is 5.56 Å². The van der Waals surface area contributed by atoms with E-state index >= 15 is 0 Å². The lowest BCUT2D eigenvalue weighted by atomic mass is 10.2. The van der Waals surface area contributed by atoms with E-state index < -0.39 is 17.4 Å². The van der Waals surface area contributed by atoms with Crippen LogP contribution in [0.1, 0.15) is 6.42 Å². The molecular weight excluding hydrogens is 376 g/mol. The van der Waals surface area contributed by atoms with E-state index in [1.54, 1.807) is 39.7 Å². The van der Waals surface area contributed by atoms with Crippen LogP contribution in [0, 0.1) is 5.92 Å². The maximum Gasteiger partial charge on any atom is 0.292 e. The molecule has 3 heterocycles. The number of alkyl halides is 2. The van der Waals surface area contributed by atoms with Gasteiger partial charge >= 0.3 is 0 Å². The molecule has 4 aromatic rings. The largest absolute Gasteiger partial charge is 0.344 e. The molecule has 0 amide bonds. The molecule has 3 aromatic heterocycles. The summed E-state index contributed by atoms with van der Waals surface area (Å²) in [6.07, 6.45) is 3.35. The number of halogens is 3. The van der Waals surface area contributed by atoms with E-state index in [1.807, 2.05) is 13.2 Å². The Kier molecular flexibility index (Phi) is 3.28. The van der Waals surface area contributed by atoms with Crippen molar-refractivity contribution < 1.29 is 8.78 Å². The Morgan fingerprint density at radius 1 is 1.26 bits per heavy atom. The fourth-order valence-electron chi connectivity index (χ4n) is 3.43. The molecule has 1 atom stereocenters. The fraction of sp³-hybridized carbons (Fsp3) is 0.278. The minimum atomic E-state index is -2.63. The molecule has 1 aliphatic rings. The molecule has 0 spiro atoms. The van der Waals surface area contributed by atoms with Gasteiger partial charge in [-0.2, -0.15) is 14.9 Å². The summed E-state index contributed by atoms with van der Waals surface area (Å²) in [6.45, 7) is 0.114. The summed E-state index contributed by atoms with van der Waals surface area (Å²) in [7, 11) is 1.82. The number of benzene rings is 1. The van der Waals surface area contributed by atoms with E-state index in [9.17, 15) is 13.6 Å². The number of hydrogen-bond donors (Lipinski definition) is 0. The Bertz CT molecular complexity index is 1270. The summed E-state index contributed by atoms with van der Waals surface area (Å²) >= 11 is 6.33. The highest BCUT2D eigenvalue weighted by Gasteiger charge is 2.56. The molecule has 138 valence electrons. The SMILES string of the molecule is Cn1cc2cc(-n3nc4ccn(CC5CC5(F)F)c4c(Cl)c3=O)ccc2n1. The Balaban J connectivity index is 1.63. The van der Waals surface area contributed by atoms with Crippen LogP contribution in [0.2, 0.25) is 5.02 Å². The van der Waals surface area contributed by atoms with Crippen molar-refractivity contribution in [2.75, 3.05) is 0 Å². The number of aromatic nitrogens is 5. The fourth-order valence-corrected chi connectivity index (χ4v) is 3.71. The molecule has 0 aliphatic heterocycles. The molecule has 1 aliphatic carbocycles. The van der Waals surface area contributed by atoms with Crippen molar-refractivity contribution in [1.29, 1.82) is 0 Å². The molecule has 0 saturated heterocycles. The van der Waals surface area contributed by atoms with Crippen molar-refractivity contribution in [3.8, 4) is 5.69 Å². The highest BCUT2D eigenvalue weighted by atomic mass is 35.5. The van der Waals surface area contributed by atoms with Crippen molar-refractivity contribution in [2.24, 2.45) is 13.0 Å². The number of nitrogens with zero attached hydrogens (tertiary/aromatic N) is 5. The van der Waals surface area contributed by atoms with Crippen LogP contribution >= 0.6 is 11.6 Å². The van der Waals surface area contributed by atoms with E-state index in [1.165, 1.54) is 4.68 Å². The minimum Gasteiger partial charge on any atom is -0.344 e. The van der Waals surface area contributed by atoms with Crippen LogP contribution in [0.5, 0.6) is 0 Å². The number of rotatable bonds is 3. The molecule has 0 N–H and O–H groups in total. The molecule has 1 aromatic carbocycles. The predicted octanol–water partition coefficient (Wildman–Crippen LogP) is 3.38. The first-order valence-electron chi connectivity index (χ1n) is 8.43. The van der Waals surface area contributed by atoms with Gasteiger partial charge in [-0.15, -0.1) is 0 Å². The number of fused-ring (bicyclic) bond motifs is 2. The maximum absolute atomic E-state index is 13.2. The van der Waals surface area contributed by atoms with Crippen LogP contribution in [0.25, 0.3) is 27.6 Å². The molecule has 6 nitrogen and oxygen atoms in total. The molecule has 0 bridgehead atoms. The monoisotopic (exact) mass is 389 g/mol. The quantitative estimate of drug-likeness (QED) is 0.539. The van der Waals surface area contributed by atoms with Gasteiger partial charge in [-0.1, -0.05) is 11.6 Å². The van der Waals surface area contributed by atoms with Gasteiger partial charge in [0.05, 0.1) is 16.7 Å². The third-order valence-corrected chi connectivity index (χ3v) is 5.30. The Morgan fingerprint density at radius 2 is 2.04 bits per heavy atom. The maximum atomic E-state index is 13.2. The summed E-state index contributed by atoms with van der Waals surface area (Å²) in [5.74, 6) is -3.36. The summed E-state index contributed by atoms with van der Waals surface area (Å²) in [4.78, 5) is 12.8. The minimum absolute atomic E-state index is 0.0275. The predicted molar refractivity (Wildman–Crippen MR) is 97.7 cm³/mol. The van der Waals surface area contributed by atoms with E-state index in [2.05, 4.69) is 10.2 Å². The van der Waals surface area contributed by atoms with Crippen molar-refractivity contribution in [3.63, 3.8) is 0 Å². The van der Waals surface area contributed by atoms with Crippen LogP contribution in [0.15, 0.2) is 41.5 Å². The summed E-state index contributed by atoms with van der Waals surface area (Å²) in [6, 6.07) is 7.03. The van der Waals surface area contributed by atoms with Gasteiger partial charge in [-0.3, -0.25) is 9.48 Å². The first-order valence-corrected chi connectivity index (χ1v) is 8.80. The second kappa shape index (κ2) is 5.39. The van der Waals surface area contributed by atoms with E-state index in [4.69, 9.17) is 11.6 Å². The van der Waals surface area contributed by atoms with Gasteiger partial charge in [0, 0.05) is 43.7 Å². The van der Waals surface area contributed by atoms with Crippen molar-refractivity contribution >= 4 is 33.5 Å². The normalized spacial score (nSPS) is 18.4.